The smallest absolute Gasteiger partial charge is 0.156 e. The third-order valence-electron chi connectivity index (χ3n) is 6.91. The molecule has 180 valence electrons. The van der Waals surface area contributed by atoms with E-state index < -0.39 is 0 Å². The molecule has 0 atom stereocenters. The summed E-state index contributed by atoms with van der Waals surface area (Å²) in [4.78, 5) is 11.5. The molecule has 0 saturated carbocycles. The summed E-state index contributed by atoms with van der Waals surface area (Å²) in [5, 5.41) is 6.75. The molecule has 3 heteroatoms. The zero-order valence-corrected chi connectivity index (χ0v) is 22.1. The minimum absolute atomic E-state index is 0.282. The Labute approximate surface area is 201 Å². The lowest BCUT2D eigenvalue weighted by molar-refractivity contribution is -0.117. The zero-order chi connectivity index (χ0) is 24.3. The van der Waals surface area contributed by atoms with Gasteiger partial charge in [-0.25, -0.2) is 0 Å². The number of nitrogens with one attached hydrogen (secondary N) is 2. The first-order chi connectivity index (χ1) is 15.6. The third kappa shape index (κ3) is 5.99. The van der Waals surface area contributed by atoms with Crippen LogP contribution < -0.4 is 10.6 Å². The monoisotopic (exact) mass is 448 g/mol. The molecule has 0 aromatic heterocycles. The average Bonchev–Trinajstić information content (AvgIpc) is 2.77. The van der Waals surface area contributed by atoms with Crippen molar-refractivity contribution in [1.29, 1.82) is 0 Å². The highest BCUT2D eigenvalue weighted by molar-refractivity contribution is 5.89. The second kappa shape index (κ2) is 10.8. The maximum Gasteiger partial charge on any atom is 0.156 e. The number of Topliss-reactive ketones (excluding diaryl/α,β-unsaturated/α-hetero) is 1. The molecule has 0 fully saturated rings. The highest BCUT2D eigenvalue weighted by atomic mass is 16.1. The second-order valence-electron chi connectivity index (χ2n) is 11.0. The molecule has 2 aromatic carbocycles. The molecule has 2 aromatic rings. The summed E-state index contributed by atoms with van der Waals surface area (Å²) in [6.07, 6.45) is 3.09. The molecule has 0 bridgehead atoms. The van der Waals surface area contributed by atoms with Crippen molar-refractivity contribution in [2.75, 3.05) is 23.7 Å². The largest absolute Gasteiger partial charge is 0.385 e. The highest BCUT2D eigenvalue weighted by Crippen LogP contribution is 2.34. The summed E-state index contributed by atoms with van der Waals surface area (Å²) in [5.74, 6) is 2.56. The molecule has 0 radical (unpaired) electrons. The first-order valence-corrected chi connectivity index (χ1v) is 12.9. The number of benzene rings is 2. The molecular weight excluding hydrogens is 404 g/mol. The number of hydrogen-bond acceptors (Lipinski definition) is 3. The maximum atomic E-state index is 11.5. The van der Waals surface area contributed by atoms with Gasteiger partial charge >= 0.3 is 0 Å². The lowest BCUT2D eigenvalue weighted by Gasteiger charge is -2.24. The van der Waals surface area contributed by atoms with Crippen molar-refractivity contribution in [2.45, 2.75) is 98.3 Å². The Morgan fingerprint density at radius 1 is 0.636 bits per heavy atom. The SMILES string of the molecule is CC(C)c1cc2c(cc1C(C)C)NCC(=O)C2.CC(C)c1cc2c(cc1C(C)C)NCCC2. The average molecular weight is 449 g/mol. The first kappa shape index (κ1) is 25.3. The van der Waals surface area contributed by atoms with Gasteiger partial charge in [-0.1, -0.05) is 67.5 Å². The Hall–Kier alpha value is -2.29. The molecule has 0 unspecified atom stereocenters. The van der Waals surface area contributed by atoms with E-state index in [1.807, 2.05) is 0 Å². The van der Waals surface area contributed by atoms with Crippen molar-refractivity contribution in [2.24, 2.45) is 0 Å². The van der Waals surface area contributed by atoms with Crippen LogP contribution in [-0.4, -0.2) is 18.9 Å². The van der Waals surface area contributed by atoms with Gasteiger partial charge in [-0.3, -0.25) is 4.79 Å². The fraction of sp³-hybridized carbons (Fsp3) is 0.567. The van der Waals surface area contributed by atoms with Gasteiger partial charge in [0.25, 0.3) is 0 Å². The standard InChI is InChI=1S/C15H21NO.C15H23N/c1-9(2)13-6-11-5-12(17)8-16-15(11)7-14(13)10(3)4;1-10(2)13-8-12-6-5-7-16-15(12)9-14(13)11(3)4/h6-7,9-10,16H,5,8H2,1-4H3;8-11,16H,5-7H2,1-4H3. The number of ketones is 1. The van der Waals surface area contributed by atoms with Crippen LogP contribution in [0.1, 0.15) is 119 Å². The van der Waals surface area contributed by atoms with E-state index in [1.165, 1.54) is 46.3 Å². The topological polar surface area (TPSA) is 41.1 Å². The lowest BCUT2D eigenvalue weighted by atomic mass is 9.86. The summed E-state index contributed by atoms with van der Waals surface area (Å²) < 4.78 is 0. The van der Waals surface area contributed by atoms with E-state index in [0.29, 0.717) is 36.6 Å². The van der Waals surface area contributed by atoms with Crippen LogP contribution in [0, 0.1) is 0 Å². The van der Waals surface area contributed by atoms with Gasteiger partial charge in [-0.15, -0.1) is 0 Å². The van der Waals surface area contributed by atoms with Crippen molar-refractivity contribution >= 4 is 17.2 Å². The van der Waals surface area contributed by atoms with E-state index in [2.05, 4.69) is 90.3 Å². The molecule has 3 nitrogen and oxygen atoms in total. The van der Waals surface area contributed by atoms with Gasteiger partial charge in [0.05, 0.1) is 6.54 Å². The van der Waals surface area contributed by atoms with Crippen molar-refractivity contribution in [3.8, 4) is 0 Å². The van der Waals surface area contributed by atoms with Crippen molar-refractivity contribution in [3.05, 3.63) is 57.6 Å². The van der Waals surface area contributed by atoms with Crippen molar-refractivity contribution < 1.29 is 4.79 Å². The number of hydrogen-bond donors (Lipinski definition) is 2. The molecule has 33 heavy (non-hydrogen) atoms. The quantitative estimate of drug-likeness (QED) is 0.502. The fourth-order valence-corrected chi connectivity index (χ4v) is 5.01. The zero-order valence-electron chi connectivity index (χ0n) is 22.1. The minimum atomic E-state index is 0.282. The van der Waals surface area contributed by atoms with E-state index in [0.717, 1.165) is 17.8 Å². The first-order valence-electron chi connectivity index (χ1n) is 12.9. The van der Waals surface area contributed by atoms with Crippen LogP contribution in [0.4, 0.5) is 11.4 Å². The highest BCUT2D eigenvalue weighted by Gasteiger charge is 2.20. The molecule has 0 saturated heterocycles. The Morgan fingerprint density at radius 2 is 1.09 bits per heavy atom. The van der Waals surface area contributed by atoms with Crippen LogP contribution >= 0.6 is 0 Å². The van der Waals surface area contributed by atoms with Gasteiger partial charge in [0, 0.05) is 24.3 Å². The van der Waals surface area contributed by atoms with Gasteiger partial charge < -0.3 is 10.6 Å². The van der Waals surface area contributed by atoms with E-state index in [9.17, 15) is 4.79 Å². The van der Waals surface area contributed by atoms with Gasteiger partial charge in [0.1, 0.15) is 0 Å². The van der Waals surface area contributed by atoms with Crippen LogP contribution in [0.25, 0.3) is 0 Å². The van der Waals surface area contributed by atoms with E-state index in [4.69, 9.17) is 0 Å². The predicted octanol–water partition coefficient (Wildman–Crippen LogP) is 7.76. The summed E-state index contributed by atoms with van der Waals surface area (Å²) in [7, 11) is 0. The van der Waals surface area contributed by atoms with Crippen molar-refractivity contribution in [1.82, 2.24) is 0 Å². The number of aryl methyl sites for hydroxylation is 1. The molecular formula is C30H44N2O. The maximum absolute atomic E-state index is 11.5. The Bertz CT molecular complexity index is 948. The van der Waals surface area contributed by atoms with Gasteiger partial charge in [-0.2, -0.15) is 0 Å². The summed E-state index contributed by atoms with van der Waals surface area (Å²) in [5.41, 5.74) is 11.0. The van der Waals surface area contributed by atoms with E-state index >= 15 is 0 Å². The minimum Gasteiger partial charge on any atom is -0.385 e. The van der Waals surface area contributed by atoms with Gasteiger partial charge in [0.15, 0.2) is 5.78 Å². The normalized spacial score (nSPS) is 15.1. The Morgan fingerprint density at radius 3 is 1.61 bits per heavy atom. The summed E-state index contributed by atoms with van der Waals surface area (Å²) >= 11 is 0. The summed E-state index contributed by atoms with van der Waals surface area (Å²) in [6.45, 7) is 19.7. The molecule has 2 aliphatic rings. The Balaban J connectivity index is 0.000000186. The molecule has 0 spiro atoms. The molecule has 0 amide bonds. The Kier molecular flexibility index (Phi) is 8.26. The molecule has 4 rings (SSSR count). The number of carbonyl (C=O) groups is 1. The number of carbonyl (C=O) groups excluding carboxylic acids is 1. The van der Waals surface area contributed by atoms with Crippen LogP contribution in [0.15, 0.2) is 24.3 Å². The van der Waals surface area contributed by atoms with Gasteiger partial charge in [0.2, 0.25) is 0 Å². The van der Waals surface area contributed by atoms with Crippen LogP contribution in [0.5, 0.6) is 0 Å². The van der Waals surface area contributed by atoms with Crippen LogP contribution in [0.2, 0.25) is 0 Å². The number of rotatable bonds is 4. The third-order valence-corrected chi connectivity index (χ3v) is 6.91. The second-order valence-corrected chi connectivity index (χ2v) is 11.0. The van der Waals surface area contributed by atoms with Crippen molar-refractivity contribution in [3.63, 3.8) is 0 Å². The molecule has 0 aliphatic carbocycles. The predicted molar refractivity (Wildman–Crippen MR) is 143 cm³/mol. The fourth-order valence-electron chi connectivity index (χ4n) is 5.01. The van der Waals surface area contributed by atoms with Crippen LogP contribution in [-0.2, 0) is 17.6 Å². The number of anilines is 2. The summed E-state index contributed by atoms with van der Waals surface area (Å²) in [6, 6.07) is 9.27. The van der Waals surface area contributed by atoms with E-state index in [1.54, 1.807) is 0 Å². The lowest BCUT2D eigenvalue weighted by Crippen LogP contribution is -2.23. The van der Waals surface area contributed by atoms with Crippen LogP contribution in [0.3, 0.4) is 0 Å². The van der Waals surface area contributed by atoms with E-state index in [-0.39, 0.29) is 5.78 Å². The molecule has 2 heterocycles. The molecule has 2 N–H and O–H groups in total. The molecule has 2 aliphatic heterocycles. The number of fused-ring (bicyclic) bond motifs is 2. The van der Waals surface area contributed by atoms with Gasteiger partial charge in [-0.05, 0) is 82.0 Å².